The predicted octanol–water partition coefficient (Wildman–Crippen LogP) is 5.30. The second-order valence-electron chi connectivity index (χ2n) is 7.68. The van der Waals surface area contributed by atoms with Crippen molar-refractivity contribution in [3.05, 3.63) is 64.7 Å². The molecule has 0 bridgehead atoms. The predicted molar refractivity (Wildman–Crippen MR) is 114 cm³/mol. The van der Waals surface area contributed by atoms with E-state index in [9.17, 15) is 14.7 Å². The number of carboxylic acid groups (broad SMARTS) is 1. The Hall–Kier alpha value is -2.86. The Morgan fingerprint density at radius 2 is 1.66 bits per heavy atom. The van der Waals surface area contributed by atoms with Crippen LogP contribution in [0.2, 0.25) is 0 Å². The van der Waals surface area contributed by atoms with Gasteiger partial charge in [-0.3, -0.25) is 4.79 Å². The Labute approximate surface area is 173 Å². The minimum absolute atomic E-state index is 0.0809. The van der Waals surface area contributed by atoms with E-state index >= 15 is 0 Å². The van der Waals surface area contributed by atoms with Crippen molar-refractivity contribution in [2.24, 2.45) is 5.92 Å². The number of Topliss-reactive ketones (excluding diaryl/α,β-unsaturated/α-hetero) is 1. The minimum Gasteiger partial charge on any atom is -0.478 e. The van der Waals surface area contributed by atoms with Crippen LogP contribution in [-0.4, -0.2) is 25.6 Å². The first-order valence-corrected chi connectivity index (χ1v) is 10.6. The molecule has 6 heteroatoms. The highest BCUT2D eigenvalue weighted by molar-refractivity contribution is 7.00. The van der Waals surface area contributed by atoms with Gasteiger partial charge in [0.25, 0.3) is 0 Å². The molecule has 3 aromatic rings. The monoisotopic (exact) mass is 406 g/mol. The standard InChI is InChI=1S/C23H22N2O3S/c1-14-6-8-16(9-7-14)22(26)18(12-15-4-2-3-5-15)21(23(27)28)17-10-11-19-20(13-17)25-29-24-19/h6-11,13,15H,2-5,12H2,1H3,(H,27,28). The molecule has 1 aromatic heterocycles. The van der Waals surface area contributed by atoms with Crippen LogP contribution in [0.1, 0.15) is 53.6 Å². The van der Waals surface area contributed by atoms with E-state index in [0.717, 1.165) is 48.5 Å². The molecule has 1 aliphatic carbocycles. The molecule has 1 N–H and O–H groups in total. The summed E-state index contributed by atoms with van der Waals surface area (Å²) < 4.78 is 8.41. The van der Waals surface area contributed by atoms with Crippen LogP contribution in [0.25, 0.3) is 16.6 Å². The fourth-order valence-corrected chi connectivity index (χ4v) is 4.57. The van der Waals surface area contributed by atoms with Gasteiger partial charge in [-0.15, -0.1) is 0 Å². The van der Waals surface area contributed by atoms with E-state index in [0.29, 0.717) is 34.6 Å². The van der Waals surface area contributed by atoms with E-state index in [1.807, 2.05) is 19.1 Å². The third-order valence-corrected chi connectivity index (χ3v) is 6.17. The molecule has 0 radical (unpaired) electrons. The zero-order chi connectivity index (χ0) is 20.4. The molecule has 0 atom stereocenters. The number of nitrogens with zero attached hydrogens (tertiary/aromatic N) is 2. The number of hydrogen-bond acceptors (Lipinski definition) is 5. The van der Waals surface area contributed by atoms with Gasteiger partial charge in [-0.05, 0) is 37.0 Å². The third-order valence-electron chi connectivity index (χ3n) is 5.61. The molecule has 0 saturated heterocycles. The molecule has 1 fully saturated rings. The van der Waals surface area contributed by atoms with Gasteiger partial charge < -0.3 is 5.11 Å². The molecule has 0 unspecified atom stereocenters. The SMILES string of the molecule is Cc1ccc(C(=O)C(CC2CCCC2)=C(C(=O)O)c2ccc3nsnc3c2)cc1. The number of rotatable bonds is 6. The average Bonchev–Trinajstić information content (AvgIpc) is 3.38. The molecule has 5 nitrogen and oxygen atoms in total. The van der Waals surface area contributed by atoms with Crippen LogP contribution in [0.5, 0.6) is 0 Å². The summed E-state index contributed by atoms with van der Waals surface area (Å²) in [5.74, 6) is -0.940. The van der Waals surface area contributed by atoms with Crippen molar-refractivity contribution >= 4 is 40.1 Å². The minimum atomic E-state index is -1.08. The zero-order valence-electron chi connectivity index (χ0n) is 16.2. The number of fused-ring (bicyclic) bond motifs is 1. The van der Waals surface area contributed by atoms with Crippen molar-refractivity contribution in [3.8, 4) is 0 Å². The normalized spacial score (nSPS) is 15.5. The van der Waals surface area contributed by atoms with Gasteiger partial charge in [0.1, 0.15) is 11.0 Å². The molecule has 4 rings (SSSR count). The number of aliphatic carboxylic acids is 1. The Morgan fingerprint density at radius 1 is 1.00 bits per heavy atom. The first-order chi connectivity index (χ1) is 14.0. The van der Waals surface area contributed by atoms with Crippen molar-refractivity contribution in [2.75, 3.05) is 0 Å². The van der Waals surface area contributed by atoms with Gasteiger partial charge >= 0.3 is 5.97 Å². The van der Waals surface area contributed by atoms with E-state index in [1.165, 1.54) is 0 Å². The Kier molecular flexibility index (Phi) is 5.53. The number of ketones is 1. The summed E-state index contributed by atoms with van der Waals surface area (Å²) in [6, 6.07) is 12.5. The van der Waals surface area contributed by atoms with Gasteiger partial charge in [0.2, 0.25) is 0 Å². The molecule has 148 valence electrons. The maximum Gasteiger partial charge on any atom is 0.336 e. The highest BCUT2D eigenvalue weighted by atomic mass is 32.1. The van der Waals surface area contributed by atoms with E-state index in [4.69, 9.17) is 0 Å². The second kappa shape index (κ2) is 8.25. The molecular weight excluding hydrogens is 384 g/mol. The molecule has 0 aliphatic heterocycles. The van der Waals surface area contributed by atoms with Crippen LogP contribution in [0, 0.1) is 12.8 Å². The van der Waals surface area contributed by atoms with Crippen LogP contribution in [-0.2, 0) is 4.79 Å². The van der Waals surface area contributed by atoms with Crippen LogP contribution in [0.4, 0.5) is 0 Å². The van der Waals surface area contributed by atoms with Gasteiger partial charge in [-0.25, -0.2) is 4.79 Å². The molecule has 0 spiro atoms. The first-order valence-electron chi connectivity index (χ1n) is 9.83. The third kappa shape index (κ3) is 4.12. The number of carboxylic acids is 1. The Balaban J connectivity index is 1.85. The molecular formula is C23H22N2O3S. The topological polar surface area (TPSA) is 80.2 Å². The highest BCUT2D eigenvalue weighted by Crippen LogP contribution is 2.35. The van der Waals surface area contributed by atoms with Crippen molar-refractivity contribution < 1.29 is 14.7 Å². The van der Waals surface area contributed by atoms with Crippen molar-refractivity contribution in [1.29, 1.82) is 0 Å². The van der Waals surface area contributed by atoms with Crippen LogP contribution >= 0.6 is 11.7 Å². The largest absolute Gasteiger partial charge is 0.478 e. The molecule has 1 aliphatic rings. The van der Waals surface area contributed by atoms with Gasteiger partial charge in [0.05, 0.1) is 17.3 Å². The summed E-state index contributed by atoms with van der Waals surface area (Å²) in [6.07, 6.45) is 4.83. The lowest BCUT2D eigenvalue weighted by atomic mass is 9.86. The maximum absolute atomic E-state index is 13.4. The average molecular weight is 407 g/mol. The summed E-state index contributed by atoms with van der Waals surface area (Å²) in [5.41, 5.74) is 3.93. The van der Waals surface area contributed by atoms with Crippen molar-refractivity contribution in [2.45, 2.75) is 39.0 Å². The number of hydrogen-bond donors (Lipinski definition) is 1. The summed E-state index contributed by atoms with van der Waals surface area (Å²) >= 11 is 1.09. The van der Waals surface area contributed by atoms with E-state index < -0.39 is 5.97 Å². The molecule has 29 heavy (non-hydrogen) atoms. The fourth-order valence-electron chi connectivity index (χ4n) is 4.06. The summed E-state index contributed by atoms with van der Waals surface area (Å²) in [7, 11) is 0. The van der Waals surface area contributed by atoms with Gasteiger partial charge in [-0.2, -0.15) is 8.75 Å². The quantitative estimate of drug-likeness (QED) is 0.444. The van der Waals surface area contributed by atoms with E-state index in [-0.39, 0.29) is 11.4 Å². The highest BCUT2D eigenvalue weighted by Gasteiger charge is 2.27. The van der Waals surface area contributed by atoms with Gasteiger partial charge in [0, 0.05) is 11.1 Å². The molecule has 0 amide bonds. The fraction of sp³-hybridized carbons (Fsp3) is 0.304. The zero-order valence-corrected chi connectivity index (χ0v) is 17.0. The van der Waals surface area contributed by atoms with Crippen LogP contribution in [0.3, 0.4) is 0 Å². The maximum atomic E-state index is 13.4. The van der Waals surface area contributed by atoms with E-state index in [1.54, 1.807) is 30.3 Å². The van der Waals surface area contributed by atoms with Crippen molar-refractivity contribution in [3.63, 3.8) is 0 Å². The van der Waals surface area contributed by atoms with Crippen LogP contribution < -0.4 is 0 Å². The Morgan fingerprint density at radius 3 is 2.34 bits per heavy atom. The molecule has 1 saturated carbocycles. The number of carbonyl (C=O) groups excluding carboxylic acids is 1. The number of aryl methyl sites for hydroxylation is 1. The van der Waals surface area contributed by atoms with Crippen LogP contribution in [0.15, 0.2) is 48.0 Å². The molecule has 2 aromatic carbocycles. The number of carbonyl (C=O) groups is 2. The lowest BCUT2D eigenvalue weighted by Crippen LogP contribution is -2.14. The molecule has 1 heterocycles. The van der Waals surface area contributed by atoms with Crippen molar-refractivity contribution in [1.82, 2.24) is 8.75 Å². The lowest BCUT2D eigenvalue weighted by Gasteiger charge is -2.16. The summed E-state index contributed by atoms with van der Waals surface area (Å²) in [5, 5.41) is 10.1. The second-order valence-corrected chi connectivity index (χ2v) is 8.20. The smallest absolute Gasteiger partial charge is 0.336 e. The van der Waals surface area contributed by atoms with Gasteiger partial charge in [0.15, 0.2) is 5.78 Å². The number of benzene rings is 2. The summed E-state index contributed by atoms with van der Waals surface area (Å²) in [6.45, 7) is 1.96. The van der Waals surface area contributed by atoms with E-state index in [2.05, 4.69) is 8.75 Å². The lowest BCUT2D eigenvalue weighted by molar-refractivity contribution is -0.130. The first kappa shape index (κ1) is 19.5. The number of allylic oxidation sites excluding steroid dienone is 1. The number of aromatic nitrogens is 2. The Bertz CT molecular complexity index is 1090. The summed E-state index contributed by atoms with van der Waals surface area (Å²) in [4.78, 5) is 25.8. The van der Waals surface area contributed by atoms with Gasteiger partial charge in [-0.1, -0.05) is 61.6 Å².